The number of hydrogen-bond donors (Lipinski definition) is 0. The molecule has 0 radical (unpaired) electrons. The Morgan fingerprint density at radius 3 is 2.50 bits per heavy atom. The van der Waals surface area contributed by atoms with Crippen LogP contribution in [0.3, 0.4) is 0 Å². The average molecular weight is 444 g/mol. The second-order valence-corrected chi connectivity index (χ2v) is 9.27. The SMILES string of the molecule is [2H]c1c([2H])c([C@]2(CC(C)CN(C([2H])([2H])[2H])C([2H])(C)C)OC(C)c3c(C)c([N+]#[C-])c(C)c([2H])c32)c(C)c(C)c1F. The van der Waals surface area contributed by atoms with Gasteiger partial charge in [0.05, 0.1) is 16.8 Å². The summed E-state index contributed by atoms with van der Waals surface area (Å²) in [6, 6.07) is -2.25. The Morgan fingerprint density at radius 2 is 1.91 bits per heavy atom. The Balaban J connectivity index is 2.40. The van der Waals surface area contributed by atoms with Crippen molar-refractivity contribution >= 4 is 5.69 Å². The van der Waals surface area contributed by atoms with Crippen LogP contribution in [0.4, 0.5) is 10.1 Å². The number of rotatable bonds is 6. The third-order valence-corrected chi connectivity index (χ3v) is 6.63. The van der Waals surface area contributed by atoms with Crippen molar-refractivity contribution in [3.8, 4) is 0 Å². The smallest absolute Gasteiger partial charge is 0.193 e. The minimum Gasteiger partial charge on any atom is -0.358 e. The summed E-state index contributed by atoms with van der Waals surface area (Å²) in [6.45, 7) is 18.5. The minimum absolute atomic E-state index is 0.00640. The van der Waals surface area contributed by atoms with E-state index in [1.807, 2.05) is 6.92 Å². The van der Waals surface area contributed by atoms with Crippen LogP contribution in [0, 0.1) is 46.0 Å². The van der Waals surface area contributed by atoms with Crippen molar-refractivity contribution in [2.45, 2.75) is 79.5 Å². The standard InChI is InChI=1S/C28H37FN2O/c1-16(2)31(10)15-17(3)14-28(23-11-12-25(29)20(6)19(23)5)24-13-18(4)27(30-9)21(7)26(24)22(8)32-28/h11-13,16-17,22H,14-15H2,1-8,10H3/t17?,22?,28-/m0/s1/i10D3,11D,12D,13D,16D. The number of hydrogen-bond acceptors (Lipinski definition) is 2. The summed E-state index contributed by atoms with van der Waals surface area (Å²) in [4.78, 5) is 4.78. The number of nitrogens with zero attached hydrogens (tertiary/aromatic N) is 2. The van der Waals surface area contributed by atoms with E-state index in [2.05, 4.69) is 4.85 Å². The van der Waals surface area contributed by atoms with Gasteiger partial charge in [-0.1, -0.05) is 19.0 Å². The van der Waals surface area contributed by atoms with Gasteiger partial charge < -0.3 is 9.64 Å². The largest absolute Gasteiger partial charge is 0.358 e. The predicted octanol–water partition coefficient (Wildman–Crippen LogP) is 7.31. The summed E-state index contributed by atoms with van der Waals surface area (Å²) >= 11 is 0. The summed E-state index contributed by atoms with van der Waals surface area (Å²) in [7, 11) is 0. The van der Waals surface area contributed by atoms with Crippen LogP contribution in [0.25, 0.3) is 4.85 Å². The third-order valence-electron chi connectivity index (χ3n) is 6.63. The maximum atomic E-state index is 14.9. The third kappa shape index (κ3) is 3.98. The number of ether oxygens (including phenoxy) is 1. The van der Waals surface area contributed by atoms with Crippen LogP contribution in [-0.2, 0) is 10.3 Å². The molecule has 0 bridgehead atoms. The van der Waals surface area contributed by atoms with E-state index in [9.17, 15) is 4.39 Å². The molecule has 0 aromatic heterocycles. The zero-order chi connectivity index (χ0) is 30.0. The van der Waals surface area contributed by atoms with E-state index in [1.165, 1.54) is 13.8 Å². The van der Waals surface area contributed by atoms with Crippen molar-refractivity contribution in [3.05, 3.63) is 74.3 Å². The summed E-state index contributed by atoms with van der Waals surface area (Å²) < 4.78 is 80.5. The van der Waals surface area contributed by atoms with Crippen LogP contribution in [-0.4, -0.2) is 24.4 Å². The Labute approximate surface area is 203 Å². The number of fused-ring (bicyclic) bond motifs is 1. The molecule has 1 aliphatic rings. The fourth-order valence-corrected chi connectivity index (χ4v) is 4.87. The molecule has 0 N–H and O–H groups in total. The zero-order valence-electron chi connectivity index (χ0n) is 27.2. The number of benzene rings is 2. The van der Waals surface area contributed by atoms with Crippen molar-refractivity contribution in [2.75, 3.05) is 13.5 Å². The fraction of sp³-hybridized carbons (Fsp3) is 0.536. The Hall–Kier alpha value is -2.22. The summed E-state index contributed by atoms with van der Waals surface area (Å²) in [5.41, 5.74) is 2.06. The molecule has 4 heteroatoms. The normalized spacial score (nSPS) is 25.0. The van der Waals surface area contributed by atoms with E-state index in [1.54, 1.807) is 34.6 Å². The molecule has 3 rings (SSSR count). The first-order valence-electron chi connectivity index (χ1n) is 14.5. The molecule has 3 nitrogen and oxygen atoms in total. The van der Waals surface area contributed by atoms with Crippen molar-refractivity contribution in [1.29, 1.82) is 0 Å². The van der Waals surface area contributed by atoms with Gasteiger partial charge in [0.1, 0.15) is 11.4 Å². The zero-order valence-corrected chi connectivity index (χ0v) is 20.2. The van der Waals surface area contributed by atoms with Crippen molar-refractivity contribution in [1.82, 2.24) is 4.90 Å². The van der Waals surface area contributed by atoms with Crippen LogP contribution in [0.15, 0.2) is 18.1 Å². The molecule has 32 heavy (non-hydrogen) atoms. The van der Waals surface area contributed by atoms with Gasteiger partial charge in [0.15, 0.2) is 5.69 Å². The lowest BCUT2D eigenvalue weighted by atomic mass is 9.75. The summed E-state index contributed by atoms with van der Waals surface area (Å²) in [6.07, 6.45) is -0.464. The lowest BCUT2D eigenvalue weighted by Crippen LogP contribution is -2.36. The van der Waals surface area contributed by atoms with Gasteiger partial charge >= 0.3 is 0 Å². The van der Waals surface area contributed by atoms with Gasteiger partial charge in [0.2, 0.25) is 0 Å². The Bertz CT molecular complexity index is 1320. The van der Waals surface area contributed by atoms with Crippen LogP contribution in [0.1, 0.15) is 88.8 Å². The molecule has 0 saturated heterocycles. The van der Waals surface area contributed by atoms with Gasteiger partial charge in [0.25, 0.3) is 0 Å². The van der Waals surface area contributed by atoms with Crippen LogP contribution in [0.5, 0.6) is 0 Å². The maximum absolute atomic E-state index is 14.9. The lowest BCUT2D eigenvalue weighted by Gasteiger charge is -2.37. The fourth-order valence-electron chi connectivity index (χ4n) is 4.87. The molecule has 2 unspecified atom stereocenters. The highest BCUT2D eigenvalue weighted by atomic mass is 19.1. The first kappa shape index (κ1) is 16.4. The van der Waals surface area contributed by atoms with Crippen molar-refractivity contribution in [2.24, 2.45) is 5.92 Å². The van der Waals surface area contributed by atoms with Gasteiger partial charge in [0, 0.05) is 18.0 Å². The highest BCUT2D eigenvalue weighted by Crippen LogP contribution is 2.54. The molecule has 1 aliphatic heterocycles. The molecule has 1 heterocycles. The molecule has 172 valence electrons. The van der Waals surface area contributed by atoms with Crippen LogP contribution >= 0.6 is 0 Å². The van der Waals surface area contributed by atoms with E-state index < -0.39 is 42.5 Å². The monoisotopic (exact) mass is 443 g/mol. The predicted molar refractivity (Wildman–Crippen MR) is 130 cm³/mol. The summed E-state index contributed by atoms with van der Waals surface area (Å²) in [5.74, 6) is -1.21. The van der Waals surface area contributed by atoms with Crippen LogP contribution in [0.2, 0.25) is 0 Å². The quantitative estimate of drug-likeness (QED) is 0.435. The molecule has 0 spiro atoms. The lowest BCUT2D eigenvalue weighted by molar-refractivity contribution is -0.0568. The van der Waals surface area contributed by atoms with E-state index in [0.29, 0.717) is 33.5 Å². The van der Waals surface area contributed by atoms with E-state index >= 15 is 0 Å². The molecular weight excluding hydrogens is 399 g/mol. The van der Waals surface area contributed by atoms with Crippen molar-refractivity contribution < 1.29 is 18.7 Å². The first-order chi connectivity index (χ1) is 17.7. The van der Waals surface area contributed by atoms with Gasteiger partial charge in [-0.15, -0.1) is 0 Å². The minimum atomic E-state index is -2.54. The van der Waals surface area contributed by atoms with Gasteiger partial charge in [-0.05, 0) is 113 Å². The van der Waals surface area contributed by atoms with E-state index in [0.717, 1.165) is 4.90 Å². The maximum Gasteiger partial charge on any atom is 0.193 e. The van der Waals surface area contributed by atoms with Gasteiger partial charge in [-0.2, -0.15) is 0 Å². The second-order valence-electron chi connectivity index (χ2n) is 9.27. The average Bonchev–Trinajstić information content (AvgIpc) is 3.09. The molecule has 0 fully saturated rings. The Morgan fingerprint density at radius 1 is 1.22 bits per heavy atom. The molecule has 3 atom stereocenters. The molecule has 0 amide bonds. The van der Waals surface area contributed by atoms with Gasteiger partial charge in [-0.3, -0.25) is 0 Å². The molecule has 2 aromatic rings. The van der Waals surface area contributed by atoms with Gasteiger partial charge in [-0.25, -0.2) is 9.24 Å². The molecule has 0 saturated carbocycles. The molecular formula is C28H37FN2O. The Kier molecular flexibility index (Phi) is 4.59. The highest BCUT2D eigenvalue weighted by molar-refractivity contribution is 5.66. The molecule has 2 aromatic carbocycles. The van der Waals surface area contributed by atoms with Crippen molar-refractivity contribution in [3.63, 3.8) is 0 Å². The first-order valence-corrected chi connectivity index (χ1v) is 11.0. The molecule has 0 aliphatic carbocycles. The van der Waals surface area contributed by atoms with Crippen LogP contribution < -0.4 is 0 Å². The van der Waals surface area contributed by atoms with E-state index in [-0.39, 0.29) is 36.2 Å². The second kappa shape index (κ2) is 8.96. The summed E-state index contributed by atoms with van der Waals surface area (Å²) in [5, 5.41) is 0. The number of halogens is 1. The topological polar surface area (TPSA) is 16.8 Å². The highest BCUT2D eigenvalue weighted by Gasteiger charge is 2.48. The van der Waals surface area contributed by atoms with E-state index in [4.69, 9.17) is 20.9 Å².